The van der Waals surface area contributed by atoms with Crippen molar-refractivity contribution in [3.63, 3.8) is 0 Å². The zero-order chi connectivity index (χ0) is 20.9. The Bertz CT molecular complexity index is 1040. The lowest BCUT2D eigenvalue weighted by Gasteiger charge is -2.26. The highest BCUT2D eigenvalue weighted by Crippen LogP contribution is 2.15. The Morgan fingerprint density at radius 2 is 1.97 bits per heavy atom. The lowest BCUT2D eigenvalue weighted by atomic mass is 10.1. The van der Waals surface area contributed by atoms with E-state index in [4.69, 9.17) is 0 Å². The number of nitrogens with one attached hydrogen (secondary N) is 2. The van der Waals surface area contributed by atoms with Crippen LogP contribution in [0.25, 0.3) is 0 Å². The van der Waals surface area contributed by atoms with Crippen LogP contribution in [-0.2, 0) is 17.9 Å². The second-order valence-electron chi connectivity index (χ2n) is 7.51. The summed E-state index contributed by atoms with van der Waals surface area (Å²) in [5.74, 6) is 0.868. The van der Waals surface area contributed by atoms with E-state index in [1.807, 2.05) is 61.7 Å². The van der Waals surface area contributed by atoms with Crippen molar-refractivity contribution in [2.45, 2.75) is 20.0 Å². The lowest BCUT2D eigenvalue weighted by Crippen LogP contribution is -2.47. The molecule has 0 unspecified atom stereocenters. The van der Waals surface area contributed by atoms with Gasteiger partial charge < -0.3 is 15.2 Å². The minimum absolute atomic E-state index is 0.0580. The fourth-order valence-electron chi connectivity index (χ4n) is 3.56. The highest BCUT2D eigenvalue weighted by atomic mass is 16.2. The first-order chi connectivity index (χ1) is 14.6. The van der Waals surface area contributed by atoms with Crippen LogP contribution in [-0.4, -0.2) is 45.9 Å². The van der Waals surface area contributed by atoms with Gasteiger partial charge >= 0.3 is 0 Å². The van der Waals surface area contributed by atoms with Crippen LogP contribution < -0.4 is 10.6 Å². The molecule has 154 valence electrons. The van der Waals surface area contributed by atoms with Gasteiger partial charge in [0.1, 0.15) is 5.82 Å². The van der Waals surface area contributed by atoms with E-state index in [1.54, 1.807) is 6.20 Å². The molecule has 0 spiro atoms. The highest BCUT2D eigenvalue weighted by molar-refractivity contribution is 6.04. The molecule has 1 aliphatic heterocycles. The number of piperazine rings is 1. The molecule has 30 heavy (non-hydrogen) atoms. The Morgan fingerprint density at radius 1 is 1.13 bits per heavy atom. The molecule has 7 heteroatoms. The van der Waals surface area contributed by atoms with Gasteiger partial charge in [-0.05, 0) is 42.3 Å². The molecule has 0 saturated carbocycles. The number of imidazole rings is 1. The Labute approximate surface area is 175 Å². The van der Waals surface area contributed by atoms with Gasteiger partial charge in [-0.25, -0.2) is 4.98 Å². The van der Waals surface area contributed by atoms with Crippen molar-refractivity contribution in [2.24, 2.45) is 0 Å². The smallest absolute Gasteiger partial charge is 0.255 e. The number of rotatable bonds is 6. The minimum atomic E-state index is -0.144. The third kappa shape index (κ3) is 4.93. The molecule has 7 nitrogen and oxygen atoms in total. The van der Waals surface area contributed by atoms with Gasteiger partial charge in [-0.15, -0.1) is 0 Å². The highest BCUT2D eigenvalue weighted by Gasteiger charge is 2.16. The molecule has 0 atom stereocenters. The molecular weight excluding hydrogens is 378 g/mol. The SMILES string of the molecule is Cc1nccn1Cc1cccc(NC(=O)c2ccc(CN3CCNC(=O)C3)cc2)c1. The summed E-state index contributed by atoms with van der Waals surface area (Å²) in [6.07, 6.45) is 3.73. The quantitative estimate of drug-likeness (QED) is 0.663. The fraction of sp³-hybridized carbons (Fsp3) is 0.261. The number of carbonyl (C=O) groups is 2. The van der Waals surface area contributed by atoms with Gasteiger partial charge in [-0.3, -0.25) is 14.5 Å². The van der Waals surface area contributed by atoms with Gasteiger partial charge in [0.05, 0.1) is 6.54 Å². The van der Waals surface area contributed by atoms with Crippen LogP contribution in [0.2, 0.25) is 0 Å². The van der Waals surface area contributed by atoms with E-state index in [0.29, 0.717) is 31.7 Å². The number of hydrogen-bond donors (Lipinski definition) is 2. The van der Waals surface area contributed by atoms with Crippen molar-refractivity contribution in [3.8, 4) is 0 Å². The van der Waals surface area contributed by atoms with Gasteiger partial charge in [0.2, 0.25) is 5.91 Å². The average Bonchev–Trinajstić information content (AvgIpc) is 3.13. The van der Waals surface area contributed by atoms with Crippen LogP contribution in [0.4, 0.5) is 5.69 Å². The number of benzene rings is 2. The summed E-state index contributed by atoms with van der Waals surface area (Å²) in [5.41, 5.74) is 3.54. The summed E-state index contributed by atoms with van der Waals surface area (Å²) in [4.78, 5) is 30.5. The van der Waals surface area contributed by atoms with Crippen molar-refractivity contribution in [3.05, 3.63) is 83.4 Å². The average molecular weight is 403 g/mol. The number of aromatic nitrogens is 2. The molecule has 2 amide bonds. The van der Waals surface area contributed by atoms with E-state index < -0.39 is 0 Å². The number of carbonyl (C=O) groups excluding carboxylic acids is 2. The summed E-state index contributed by atoms with van der Waals surface area (Å²) in [5, 5.41) is 5.80. The zero-order valence-electron chi connectivity index (χ0n) is 17.0. The Hall–Kier alpha value is -3.45. The Balaban J connectivity index is 1.37. The van der Waals surface area contributed by atoms with Gasteiger partial charge in [-0.2, -0.15) is 0 Å². The second-order valence-corrected chi connectivity index (χ2v) is 7.51. The molecule has 2 heterocycles. The molecule has 0 radical (unpaired) electrons. The summed E-state index contributed by atoms with van der Waals surface area (Å²) >= 11 is 0. The van der Waals surface area contributed by atoms with Crippen LogP contribution >= 0.6 is 0 Å². The molecule has 1 aromatic heterocycles. The van der Waals surface area contributed by atoms with Crippen molar-refractivity contribution < 1.29 is 9.59 Å². The second kappa shape index (κ2) is 8.92. The molecule has 0 bridgehead atoms. The summed E-state index contributed by atoms with van der Waals surface area (Å²) in [7, 11) is 0. The van der Waals surface area contributed by atoms with Crippen LogP contribution in [0, 0.1) is 6.92 Å². The number of aryl methyl sites for hydroxylation is 1. The molecule has 1 fully saturated rings. The molecule has 1 aliphatic rings. The maximum Gasteiger partial charge on any atom is 0.255 e. The number of hydrogen-bond acceptors (Lipinski definition) is 4. The van der Waals surface area contributed by atoms with Crippen LogP contribution in [0.5, 0.6) is 0 Å². The first-order valence-electron chi connectivity index (χ1n) is 10.0. The van der Waals surface area contributed by atoms with Gasteiger partial charge in [0, 0.05) is 49.8 Å². The molecular formula is C23H25N5O2. The number of amides is 2. The predicted octanol–water partition coefficient (Wildman–Crippen LogP) is 2.42. The monoisotopic (exact) mass is 403 g/mol. The Morgan fingerprint density at radius 3 is 2.70 bits per heavy atom. The van der Waals surface area contributed by atoms with E-state index >= 15 is 0 Å². The summed E-state index contributed by atoms with van der Waals surface area (Å²) in [6.45, 7) is 5.30. The third-order valence-corrected chi connectivity index (χ3v) is 5.20. The van der Waals surface area contributed by atoms with Crippen LogP contribution in [0.1, 0.15) is 27.3 Å². The largest absolute Gasteiger partial charge is 0.354 e. The molecule has 4 rings (SSSR count). The van der Waals surface area contributed by atoms with Crippen LogP contribution in [0.15, 0.2) is 60.9 Å². The maximum absolute atomic E-state index is 12.7. The maximum atomic E-state index is 12.7. The first-order valence-corrected chi connectivity index (χ1v) is 10.0. The van der Waals surface area contributed by atoms with E-state index in [0.717, 1.165) is 29.2 Å². The fourth-order valence-corrected chi connectivity index (χ4v) is 3.56. The third-order valence-electron chi connectivity index (χ3n) is 5.20. The van der Waals surface area contributed by atoms with Crippen molar-refractivity contribution >= 4 is 17.5 Å². The lowest BCUT2D eigenvalue weighted by molar-refractivity contribution is -0.124. The Kier molecular flexibility index (Phi) is 5.90. The summed E-state index contributed by atoms with van der Waals surface area (Å²) < 4.78 is 2.06. The topological polar surface area (TPSA) is 79.3 Å². The molecule has 1 saturated heterocycles. The molecule has 3 aromatic rings. The van der Waals surface area contributed by atoms with E-state index in [1.165, 1.54) is 0 Å². The normalized spacial score (nSPS) is 14.4. The molecule has 0 aliphatic carbocycles. The zero-order valence-corrected chi connectivity index (χ0v) is 17.0. The van der Waals surface area contributed by atoms with Crippen molar-refractivity contribution in [1.82, 2.24) is 19.8 Å². The summed E-state index contributed by atoms with van der Waals surface area (Å²) in [6, 6.07) is 15.4. The molecule has 2 N–H and O–H groups in total. The van der Waals surface area contributed by atoms with E-state index in [-0.39, 0.29) is 11.8 Å². The van der Waals surface area contributed by atoms with E-state index in [9.17, 15) is 9.59 Å². The number of nitrogens with zero attached hydrogens (tertiary/aromatic N) is 3. The van der Waals surface area contributed by atoms with E-state index in [2.05, 4.69) is 25.1 Å². The van der Waals surface area contributed by atoms with Crippen LogP contribution in [0.3, 0.4) is 0 Å². The van der Waals surface area contributed by atoms with Gasteiger partial charge in [-0.1, -0.05) is 24.3 Å². The first kappa shape index (κ1) is 19.8. The van der Waals surface area contributed by atoms with Crippen molar-refractivity contribution in [2.75, 3.05) is 25.0 Å². The predicted molar refractivity (Wildman–Crippen MR) is 115 cm³/mol. The number of anilines is 1. The molecule has 2 aromatic carbocycles. The van der Waals surface area contributed by atoms with Crippen molar-refractivity contribution in [1.29, 1.82) is 0 Å². The standard InChI is InChI=1S/C23H25N5O2/c1-17-24-10-12-28(17)15-19-3-2-4-21(13-19)26-23(30)20-7-5-18(6-8-20)14-27-11-9-25-22(29)16-27/h2-8,10,12-13H,9,11,14-16H2,1H3,(H,25,29)(H,26,30). The van der Waals surface area contributed by atoms with Gasteiger partial charge in [0.25, 0.3) is 5.91 Å². The minimum Gasteiger partial charge on any atom is -0.354 e. The van der Waals surface area contributed by atoms with Gasteiger partial charge in [0.15, 0.2) is 0 Å².